The molecule has 0 unspecified atom stereocenters. The van der Waals surface area contributed by atoms with Crippen molar-refractivity contribution in [3.05, 3.63) is 11.6 Å². The number of hydrogen-bond acceptors (Lipinski definition) is 3. The second-order valence-corrected chi connectivity index (χ2v) is 6.23. The second-order valence-electron chi connectivity index (χ2n) is 6.23. The van der Waals surface area contributed by atoms with Gasteiger partial charge in [0.05, 0.1) is 0 Å². The third-order valence-electron chi connectivity index (χ3n) is 3.85. The average molecular weight is 262 g/mol. The first-order valence-electron chi connectivity index (χ1n) is 7.38. The molecule has 3 rings (SSSR count). The van der Waals surface area contributed by atoms with E-state index in [0.29, 0.717) is 23.7 Å². The maximum Gasteiger partial charge on any atom is 0.293 e. The molecule has 5 heteroatoms. The zero-order valence-electron chi connectivity index (χ0n) is 11.7. The van der Waals surface area contributed by atoms with Crippen LogP contribution in [0.5, 0.6) is 0 Å². The summed E-state index contributed by atoms with van der Waals surface area (Å²) in [5.74, 6) is 2.38. The van der Waals surface area contributed by atoms with Gasteiger partial charge in [-0.1, -0.05) is 13.8 Å². The summed E-state index contributed by atoms with van der Waals surface area (Å²) >= 11 is 0. The number of aromatic amines is 1. The van der Waals surface area contributed by atoms with Crippen LogP contribution >= 0.6 is 0 Å². The van der Waals surface area contributed by atoms with Crippen LogP contribution in [0.3, 0.4) is 0 Å². The molecule has 0 atom stereocenters. The number of nitrogens with one attached hydrogen (secondary N) is 1. The van der Waals surface area contributed by atoms with Crippen molar-refractivity contribution >= 4 is 5.91 Å². The minimum Gasteiger partial charge on any atom is -0.333 e. The van der Waals surface area contributed by atoms with Crippen LogP contribution in [0.4, 0.5) is 0 Å². The standard InChI is InChI=1S/C14H22N4O/c1-9(2)7-8-18(11-5-6-11)14(19)13-15-12(16-17-13)10-3-4-10/h9-11H,3-8H2,1-2H3,(H,15,16,17). The van der Waals surface area contributed by atoms with Crippen molar-refractivity contribution in [2.75, 3.05) is 6.54 Å². The van der Waals surface area contributed by atoms with Crippen molar-refractivity contribution in [1.29, 1.82) is 0 Å². The zero-order chi connectivity index (χ0) is 13.4. The molecule has 1 amide bonds. The fourth-order valence-electron chi connectivity index (χ4n) is 2.27. The lowest BCUT2D eigenvalue weighted by Gasteiger charge is -2.21. The molecule has 19 heavy (non-hydrogen) atoms. The summed E-state index contributed by atoms with van der Waals surface area (Å²) in [6.07, 6.45) is 5.64. The first kappa shape index (κ1) is 12.6. The van der Waals surface area contributed by atoms with Gasteiger partial charge in [-0.05, 0) is 38.0 Å². The fourth-order valence-corrected chi connectivity index (χ4v) is 2.27. The summed E-state index contributed by atoms with van der Waals surface area (Å²) in [4.78, 5) is 18.8. The molecule has 0 radical (unpaired) electrons. The van der Waals surface area contributed by atoms with Gasteiger partial charge >= 0.3 is 0 Å². The van der Waals surface area contributed by atoms with E-state index in [4.69, 9.17) is 0 Å². The Morgan fingerprint density at radius 2 is 2.11 bits per heavy atom. The Morgan fingerprint density at radius 1 is 1.37 bits per heavy atom. The molecular formula is C14H22N4O. The Morgan fingerprint density at radius 3 is 2.68 bits per heavy atom. The zero-order valence-corrected chi connectivity index (χ0v) is 11.7. The van der Waals surface area contributed by atoms with E-state index in [0.717, 1.165) is 31.6 Å². The number of aromatic nitrogens is 3. The summed E-state index contributed by atoms with van der Waals surface area (Å²) in [5.41, 5.74) is 0. The van der Waals surface area contributed by atoms with Gasteiger partial charge in [-0.15, -0.1) is 5.10 Å². The maximum absolute atomic E-state index is 12.5. The predicted octanol–water partition coefficient (Wildman–Crippen LogP) is 2.33. The molecule has 1 aromatic rings. The van der Waals surface area contributed by atoms with Gasteiger partial charge in [0, 0.05) is 18.5 Å². The molecule has 0 aliphatic heterocycles. The third-order valence-corrected chi connectivity index (χ3v) is 3.85. The van der Waals surface area contributed by atoms with Crippen LogP contribution in [0.1, 0.15) is 68.3 Å². The molecule has 2 saturated carbocycles. The van der Waals surface area contributed by atoms with E-state index in [-0.39, 0.29) is 5.91 Å². The van der Waals surface area contributed by atoms with Gasteiger partial charge in [-0.3, -0.25) is 9.89 Å². The minimum atomic E-state index is 0.00583. The highest BCUT2D eigenvalue weighted by molar-refractivity contribution is 5.90. The molecule has 5 nitrogen and oxygen atoms in total. The number of carbonyl (C=O) groups is 1. The Bertz CT molecular complexity index is 460. The highest BCUT2D eigenvalue weighted by Crippen LogP contribution is 2.38. The number of H-pyrrole nitrogens is 1. The Hall–Kier alpha value is -1.39. The van der Waals surface area contributed by atoms with E-state index >= 15 is 0 Å². The van der Waals surface area contributed by atoms with Gasteiger partial charge < -0.3 is 4.90 Å². The Labute approximate surface area is 113 Å². The molecule has 1 N–H and O–H groups in total. The number of amides is 1. The van der Waals surface area contributed by atoms with Crippen LogP contribution < -0.4 is 0 Å². The van der Waals surface area contributed by atoms with E-state index in [1.165, 1.54) is 12.8 Å². The highest BCUT2D eigenvalue weighted by Gasteiger charge is 2.35. The lowest BCUT2D eigenvalue weighted by Crippen LogP contribution is -2.35. The lowest BCUT2D eigenvalue weighted by atomic mass is 10.1. The number of rotatable bonds is 6. The van der Waals surface area contributed by atoms with Crippen molar-refractivity contribution < 1.29 is 4.79 Å². The van der Waals surface area contributed by atoms with Gasteiger partial charge in [0.2, 0.25) is 5.82 Å². The van der Waals surface area contributed by atoms with E-state index in [1.54, 1.807) is 0 Å². The van der Waals surface area contributed by atoms with Gasteiger partial charge in [0.1, 0.15) is 5.82 Å². The van der Waals surface area contributed by atoms with Crippen LogP contribution in [0.2, 0.25) is 0 Å². The van der Waals surface area contributed by atoms with Crippen molar-refractivity contribution in [2.45, 2.75) is 57.9 Å². The molecule has 2 aliphatic rings. The summed E-state index contributed by atoms with van der Waals surface area (Å²) < 4.78 is 0. The van der Waals surface area contributed by atoms with Crippen LogP contribution in [-0.4, -0.2) is 38.6 Å². The van der Waals surface area contributed by atoms with Crippen molar-refractivity contribution in [3.63, 3.8) is 0 Å². The molecule has 0 aromatic carbocycles. The third kappa shape index (κ3) is 2.96. The summed E-state index contributed by atoms with van der Waals surface area (Å²) in [6.45, 7) is 5.20. The van der Waals surface area contributed by atoms with E-state index in [2.05, 4.69) is 29.0 Å². The minimum absolute atomic E-state index is 0.00583. The van der Waals surface area contributed by atoms with Crippen molar-refractivity contribution in [3.8, 4) is 0 Å². The Balaban J connectivity index is 1.67. The van der Waals surface area contributed by atoms with E-state index < -0.39 is 0 Å². The lowest BCUT2D eigenvalue weighted by molar-refractivity contribution is 0.0723. The number of hydrogen-bond donors (Lipinski definition) is 1. The SMILES string of the molecule is CC(C)CCN(C(=O)c1n[nH]c(C2CC2)n1)C1CC1. The van der Waals surface area contributed by atoms with Gasteiger partial charge in [-0.25, -0.2) is 4.98 Å². The Kier molecular flexibility index (Phi) is 3.29. The molecule has 2 aliphatic carbocycles. The quantitative estimate of drug-likeness (QED) is 0.856. The smallest absolute Gasteiger partial charge is 0.293 e. The first-order valence-corrected chi connectivity index (χ1v) is 7.38. The predicted molar refractivity (Wildman–Crippen MR) is 71.9 cm³/mol. The topological polar surface area (TPSA) is 61.9 Å². The maximum atomic E-state index is 12.5. The molecule has 0 spiro atoms. The van der Waals surface area contributed by atoms with Crippen molar-refractivity contribution in [1.82, 2.24) is 20.1 Å². The second kappa shape index (κ2) is 4.94. The molecule has 0 saturated heterocycles. The van der Waals surface area contributed by atoms with Crippen molar-refractivity contribution in [2.24, 2.45) is 5.92 Å². The van der Waals surface area contributed by atoms with Crippen LogP contribution in [0.15, 0.2) is 0 Å². The molecular weight excluding hydrogens is 240 g/mol. The normalized spacial score (nSPS) is 18.9. The molecule has 104 valence electrons. The first-order chi connectivity index (χ1) is 9.15. The molecule has 1 heterocycles. The summed E-state index contributed by atoms with van der Waals surface area (Å²) in [7, 11) is 0. The highest BCUT2D eigenvalue weighted by atomic mass is 16.2. The average Bonchev–Trinajstić information content (AvgIpc) is 3.29. The summed E-state index contributed by atoms with van der Waals surface area (Å²) in [5, 5.41) is 7.03. The van der Waals surface area contributed by atoms with Crippen LogP contribution in [0, 0.1) is 5.92 Å². The van der Waals surface area contributed by atoms with Gasteiger partial charge in [0.25, 0.3) is 5.91 Å². The number of nitrogens with zero attached hydrogens (tertiary/aromatic N) is 3. The van der Waals surface area contributed by atoms with E-state index in [1.807, 2.05) is 4.90 Å². The monoisotopic (exact) mass is 262 g/mol. The molecule has 1 aromatic heterocycles. The fraction of sp³-hybridized carbons (Fsp3) is 0.786. The van der Waals surface area contributed by atoms with Gasteiger partial charge in [-0.2, -0.15) is 0 Å². The largest absolute Gasteiger partial charge is 0.333 e. The molecule has 2 fully saturated rings. The van der Waals surface area contributed by atoms with Crippen LogP contribution in [0.25, 0.3) is 0 Å². The molecule has 0 bridgehead atoms. The number of carbonyl (C=O) groups excluding carboxylic acids is 1. The van der Waals surface area contributed by atoms with Gasteiger partial charge in [0.15, 0.2) is 0 Å². The summed E-state index contributed by atoms with van der Waals surface area (Å²) in [6, 6.07) is 0.425. The van der Waals surface area contributed by atoms with E-state index in [9.17, 15) is 4.79 Å². The van der Waals surface area contributed by atoms with Crippen LogP contribution in [-0.2, 0) is 0 Å².